The molecule has 5 heteroatoms. The van der Waals surface area contributed by atoms with Crippen LogP contribution in [-0.2, 0) is 50.2 Å². The van der Waals surface area contributed by atoms with Crippen LogP contribution in [0.1, 0.15) is 28.7 Å². The summed E-state index contributed by atoms with van der Waals surface area (Å²) in [5.74, 6) is -0.154. The summed E-state index contributed by atoms with van der Waals surface area (Å²) in [5, 5.41) is 0. The Bertz CT molecular complexity index is 1280. The molecule has 1 aliphatic carbocycles. The lowest BCUT2D eigenvalue weighted by Gasteiger charge is -2.41. The molecule has 0 bridgehead atoms. The lowest BCUT2D eigenvalue weighted by Crippen LogP contribution is -2.55. The minimum Gasteiger partial charge on any atom is -0.376 e. The van der Waals surface area contributed by atoms with Crippen molar-refractivity contribution >= 4 is 5.78 Å². The maximum atomic E-state index is 13.6. The third-order valence-corrected chi connectivity index (χ3v) is 7.15. The molecule has 4 atom stereocenters. The van der Waals surface area contributed by atoms with Gasteiger partial charge in [-0.1, -0.05) is 121 Å². The van der Waals surface area contributed by atoms with E-state index in [2.05, 4.69) is 0 Å². The molecule has 0 radical (unpaired) electrons. The Hall–Kier alpha value is -3.61. The Kier molecular flexibility index (Phi) is 10.3. The molecule has 0 spiro atoms. The van der Waals surface area contributed by atoms with Crippen molar-refractivity contribution in [2.45, 2.75) is 51.2 Å². The van der Waals surface area contributed by atoms with Gasteiger partial charge in [-0.15, -0.1) is 0 Å². The standard InChI is InChI=1S/C35H36O5/c36-32-21-31(26-37-22-27-13-5-1-6-14-27)33(38-23-28-15-7-2-8-16-28)35(40-25-30-19-11-4-12-20-30)34(32)39-24-29-17-9-3-10-18-29/h1-20,31,33-35H,21-26H2. The minimum absolute atomic E-state index is 0.0156. The predicted molar refractivity (Wildman–Crippen MR) is 154 cm³/mol. The van der Waals surface area contributed by atoms with Gasteiger partial charge in [0.1, 0.15) is 12.2 Å². The molecular weight excluding hydrogens is 500 g/mol. The van der Waals surface area contributed by atoms with E-state index in [1.54, 1.807) is 0 Å². The number of rotatable bonds is 13. The average molecular weight is 537 g/mol. The molecule has 1 aliphatic rings. The van der Waals surface area contributed by atoms with Gasteiger partial charge in [0.2, 0.25) is 0 Å². The van der Waals surface area contributed by atoms with Crippen molar-refractivity contribution in [2.75, 3.05) is 6.61 Å². The third kappa shape index (κ3) is 7.96. The Labute approximate surface area is 236 Å². The van der Waals surface area contributed by atoms with E-state index in [0.29, 0.717) is 39.5 Å². The van der Waals surface area contributed by atoms with Crippen LogP contribution in [0.5, 0.6) is 0 Å². The van der Waals surface area contributed by atoms with Gasteiger partial charge < -0.3 is 18.9 Å². The molecule has 0 heterocycles. The molecule has 1 fully saturated rings. The number of carbonyl (C=O) groups excluding carboxylic acids is 1. The molecule has 206 valence electrons. The van der Waals surface area contributed by atoms with Crippen LogP contribution in [-0.4, -0.2) is 30.7 Å². The largest absolute Gasteiger partial charge is 0.376 e. The summed E-state index contributed by atoms with van der Waals surface area (Å²) < 4.78 is 25.5. The first kappa shape index (κ1) is 27.9. The van der Waals surface area contributed by atoms with E-state index >= 15 is 0 Å². The molecule has 40 heavy (non-hydrogen) atoms. The van der Waals surface area contributed by atoms with E-state index < -0.39 is 18.3 Å². The zero-order chi connectivity index (χ0) is 27.4. The van der Waals surface area contributed by atoms with Crippen molar-refractivity contribution in [1.29, 1.82) is 0 Å². The Morgan fingerprint density at radius 1 is 0.500 bits per heavy atom. The van der Waals surface area contributed by atoms with E-state index in [0.717, 1.165) is 22.3 Å². The van der Waals surface area contributed by atoms with Gasteiger partial charge >= 0.3 is 0 Å². The van der Waals surface area contributed by atoms with Crippen LogP contribution in [0.25, 0.3) is 0 Å². The van der Waals surface area contributed by atoms with Crippen molar-refractivity contribution in [3.8, 4) is 0 Å². The summed E-state index contributed by atoms with van der Waals surface area (Å²) in [6, 6.07) is 40.0. The fourth-order valence-corrected chi connectivity index (χ4v) is 5.07. The van der Waals surface area contributed by atoms with Crippen LogP contribution < -0.4 is 0 Å². The molecule has 0 saturated heterocycles. The molecule has 5 nitrogen and oxygen atoms in total. The SMILES string of the molecule is O=C1CC(COCc2ccccc2)C(OCc2ccccc2)C(OCc2ccccc2)C1OCc1ccccc1. The molecular formula is C35H36O5. The van der Waals surface area contributed by atoms with Crippen LogP contribution in [0, 0.1) is 5.92 Å². The van der Waals surface area contributed by atoms with Crippen molar-refractivity contribution in [2.24, 2.45) is 5.92 Å². The summed E-state index contributed by atoms with van der Waals surface area (Å²) in [6.45, 7) is 1.94. The highest BCUT2D eigenvalue weighted by Gasteiger charge is 2.46. The number of Topliss-reactive ketones (excluding diaryl/α,β-unsaturated/α-hetero) is 1. The smallest absolute Gasteiger partial charge is 0.164 e. The van der Waals surface area contributed by atoms with E-state index in [4.69, 9.17) is 18.9 Å². The van der Waals surface area contributed by atoms with E-state index in [1.807, 2.05) is 121 Å². The minimum atomic E-state index is -0.741. The van der Waals surface area contributed by atoms with Crippen molar-refractivity contribution in [3.63, 3.8) is 0 Å². The van der Waals surface area contributed by atoms with Gasteiger partial charge in [-0.2, -0.15) is 0 Å². The van der Waals surface area contributed by atoms with Crippen LogP contribution in [0.15, 0.2) is 121 Å². The van der Waals surface area contributed by atoms with Crippen LogP contribution >= 0.6 is 0 Å². The van der Waals surface area contributed by atoms with Gasteiger partial charge in [-0.3, -0.25) is 4.79 Å². The summed E-state index contributed by atoms with van der Waals surface area (Å²) >= 11 is 0. The monoisotopic (exact) mass is 536 g/mol. The average Bonchev–Trinajstić information content (AvgIpc) is 3.01. The van der Waals surface area contributed by atoms with E-state index in [-0.39, 0.29) is 11.7 Å². The van der Waals surface area contributed by atoms with Gasteiger partial charge in [0.15, 0.2) is 5.78 Å². The molecule has 0 N–H and O–H groups in total. The van der Waals surface area contributed by atoms with Gasteiger partial charge in [-0.25, -0.2) is 0 Å². The van der Waals surface area contributed by atoms with E-state index in [1.165, 1.54) is 0 Å². The number of carbonyl (C=O) groups is 1. The number of hydrogen-bond donors (Lipinski definition) is 0. The first-order chi connectivity index (χ1) is 19.8. The molecule has 0 amide bonds. The quantitative estimate of drug-likeness (QED) is 0.194. The molecule has 4 unspecified atom stereocenters. The van der Waals surface area contributed by atoms with Gasteiger partial charge in [0.05, 0.1) is 39.1 Å². The van der Waals surface area contributed by atoms with Crippen LogP contribution in [0.2, 0.25) is 0 Å². The Morgan fingerprint density at radius 3 is 1.38 bits per heavy atom. The summed E-state index contributed by atoms with van der Waals surface area (Å²) in [7, 11) is 0. The Balaban J connectivity index is 1.36. The lowest BCUT2D eigenvalue weighted by atomic mass is 9.81. The molecule has 0 aliphatic heterocycles. The second-order valence-electron chi connectivity index (χ2n) is 10.2. The predicted octanol–water partition coefficient (Wildman–Crippen LogP) is 6.55. The maximum Gasteiger partial charge on any atom is 0.164 e. The number of benzene rings is 4. The maximum absolute atomic E-state index is 13.6. The zero-order valence-corrected chi connectivity index (χ0v) is 22.6. The highest BCUT2D eigenvalue weighted by Crippen LogP contribution is 2.32. The fraction of sp³-hybridized carbons (Fsp3) is 0.286. The van der Waals surface area contributed by atoms with Crippen LogP contribution in [0.3, 0.4) is 0 Å². The first-order valence-corrected chi connectivity index (χ1v) is 13.9. The van der Waals surface area contributed by atoms with Crippen LogP contribution in [0.4, 0.5) is 0 Å². The second-order valence-corrected chi connectivity index (χ2v) is 10.2. The highest BCUT2D eigenvalue weighted by atomic mass is 16.6. The number of hydrogen-bond acceptors (Lipinski definition) is 5. The van der Waals surface area contributed by atoms with Gasteiger partial charge in [0, 0.05) is 12.3 Å². The third-order valence-electron chi connectivity index (χ3n) is 7.15. The molecule has 5 rings (SSSR count). The molecule has 4 aromatic rings. The molecule has 1 saturated carbocycles. The number of ether oxygens (including phenoxy) is 4. The van der Waals surface area contributed by atoms with E-state index in [9.17, 15) is 4.79 Å². The molecule has 4 aromatic carbocycles. The number of ketones is 1. The van der Waals surface area contributed by atoms with Crippen molar-refractivity contribution in [1.82, 2.24) is 0 Å². The van der Waals surface area contributed by atoms with Gasteiger partial charge in [-0.05, 0) is 22.3 Å². The zero-order valence-electron chi connectivity index (χ0n) is 22.6. The second kappa shape index (κ2) is 14.7. The summed E-state index contributed by atoms with van der Waals surface area (Å²) in [6.07, 6.45) is -1.41. The highest BCUT2D eigenvalue weighted by molar-refractivity contribution is 5.85. The molecule has 0 aromatic heterocycles. The normalized spacial score (nSPS) is 20.9. The van der Waals surface area contributed by atoms with Crippen molar-refractivity contribution < 1.29 is 23.7 Å². The lowest BCUT2D eigenvalue weighted by molar-refractivity contribution is -0.196. The topological polar surface area (TPSA) is 54.0 Å². The fourth-order valence-electron chi connectivity index (χ4n) is 5.07. The summed E-state index contributed by atoms with van der Waals surface area (Å²) in [4.78, 5) is 13.6. The van der Waals surface area contributed by atoms with Crippen molar-refractivity contribution in [3.05, 3.63) is 144 Å². The summed E-state index contributed by atoms with van der Waals surface area (Å²) in [5.41, 5.74) is 4.19. The first-order valence-electron chi connectivity index (χ1n) is 13.9. The van der Waals surface area contributed by atoms with Gasteiger partial charge in [0.25, 0.3) is 0 Å². The Morgan fingerprint density at radius 2 is 0.900 bits per heavy atom.